The summed E-state index contributed by atoms with van der Waals surface area (Å²) in [6.07, 6.45) is 1.57. The fourth-order valence-corrected chi connectivity index (χ4v) is 1.44. The molecule has 0 amide bonds. The molecule has 0 saturated carbocycles. The molecule has 0 spiro atoms. The maximum atomic E-state index is 10.4. The van der Waals surface area contributed by atoms with Crippen molar-refractivity contribution in [2.45, 2.75) is 0 Å². The first-order chi connectivity index (χ1) is 11.1. The van der Waals surface area contributed by atoms with Crippen LogP contribution < -0.4 is 11.5 Å². The second-order valence-corrected chi connectivity index (χ2v) is 4.12. The van der Waals surface area contributed by atoms with Crippen LogP contribution >= 0.6 is 0 Å². The van der Waals surface area contributed by atoms with Crippen LogP contribution in [0.2, 0.25) is 0 Å². The van der Waals surface area contributed by atoms with E-state index < -0.39 is 37.6 Å². The van der Waals surface area contributed by atoms with Crippen molar-refractivity contribution in [2.24, 2.45) is 0 Å². The summed E-state index contributed by atoms with van der Waals surface area (Å²) < 4.78 is 0. The van der Waals surface area contributed by atoms with Gasteiger partial charge < -0.3 is 16.6 Å². The minimum atomic E-state index is -1.21. The van der Waals surface area contributed by atoms with E-state index in [1.165, 1.54) is 0 Å². The SMILES string of the molecule is Nc1ccnc(N)c1.O=[N+]([O-])c1cc([N+](=O)[O-])c(O)c([N+](=O)[O-])c1. The third-order valence-electron chi connectivity index (χ3n) is 2.46. The number of nitro groups is 3. The molecule has 0 aliphatic heterocycles. The topological polar surface area (TPSA) is 215 Å². The van der Waals surface area contributed by atoms with Gasteiger partial charge in [0.05, 0.1) is 26.9 Å². The summed E-state index contributed by atoms with van der Waals surface area (Å²) in [6.45, 7) is 0. The molecule has 2 aromatic rings. The van der Waals surface area contributed by atoms with E-state index in [1.54, 1.807) is 18.3 Å². The number of benzene rings is 1. The van der Waals surface area contributed by atoms with Crippen LogP contribution in [0.5, 0.6) is 5.75 Å². The average molecular weight is 338 g/mol. The van der Waals surface area contributed by atoms with Gasteiger partial charge in [0, 0.05) is 18.0 Å². The molecule has 126 valence electrons. The molecule has 24 heavy (non-hydrogen) atoms. The molecule has 0 saturated heterocycles. The largest absolute Gasteiger partial charge is 0.497 e. The van der Waals surface area contributed by atoms with Gasteiger partial charge in [0.25, 0.3) is 11.4 Å². The monoisotopic (exact) mass is 338 g/mol. The van der Waals surface area contributed by atoms with Gasteiger partial charge >= 0.3 is 11.4 Å². The summed E-state index contributed by atoms with van der Waals surface area (Å²) in [5, 5.41) is 40.2. The molecule has 0 aliphatic rings. The lowest BCUT2D eigenvalue weighted by atomic mass is 10.2. The van der Waals surface area contributed by atoms with Crippen molar-refractivity contribution < 1.29 is 19.9 Å². The summed E-state index contributed by atoms with van der Waals surface area (Å²) in [5.41, 5.74) is 8.25. The third-order valence-corrected chi connectivity index (χ3v) is 2.46. The predicted octanol–water partition coefficient (Wildman–Crippen LogP) is 1.36. The molecular weight excluding hydrogens is 328 g/mol. The Kier molecular flexibility index (Phi) is 5.48. The van der Waals surface area contributed by atoms with Crippen molar-refractivity contribution in [3.63, 3.8) is 0 Å². The minimum Gasteiger partial charge on any atom is -0.497 e. The molecule has 0 radical (unpaired) electrons. The number of nitrogens with two attached hydrogens (primary N) is 2. The number of phenols is 1. The van der Waals surface area contributed by atoms with E-state index >= 15 is 0 Å². The molecule has 0 aliphatic carbocycles. The molecule has 1 heterocycles. The van der Waals surface area contributed by atoms with E-state index in [0.29, 0.717) is 23.6 Å². The summed E-state index contributed by atoms with van der Waals surface area (Å²) in [7, 11) is 0. The number of nitrogen functional groups attached to an aromatic ring is 2. The second-order valence-electron chi connectivity index (χ2n) is 4.12. The highest BCUT2D eigenvalue weighted by molar-refractivity contribution is 5.64. The van der Waals surface area contributed by atoms with Crippen molar-refractivity contribution in [2.75, 3.05) is 11.5 Å². The van der Waals surface area contributed by atoms with Crippen LogP contribution in [-0.4, -0.2) is 24.9 Å². The molecule has 0 unspecified atom stereocenters. The van der Waals surface area contributed by atoms with E-state index in [1.807, 2.05) is 0 Å². The first kappa shape index (κ1) is 18.0. The lowest BCUT2D eigenvalue weighted by molar-refractivity contribution is -0.404. The number of aromatic nitrogens is 1. The molecule has 1 aromatic carbocycles. The van der Waals surface area contributed by atoms with Gasteiger partial charge in [0.15, 0.2) is 0 Å². The maximum absolute atomic E-state index is 10.4. The first-order valence-electron chi connectivity index (χ1n) is 5.90. The van der Waals surface area contributed by atoms with E-state index in [-0.39, 0.29) is 0 Å². The standard InChI is InChI=1S/C6H3N3O7.C5H7N3/c10-6-4(8(13)14)1-3(7(11)12)2-5(6)9(15)16;6-4-1-2-8-5(7)3-4/h1-2,10H;1-3H,(H4,6,7,8). The van der Waals surface area contributed by atoms with Crippen LogP contribution in [0.25, 0.3) is 0 Å². The summed E-state index contributed by atoms with van der Waals surface area (Å²) >= 11 is 0. The Morgan fingerprint density at radius 3 is 1.71 bits per heavy atom. The number of phenolic OH excluding ortho intramolecular Hbond substituents is 1. The highest BCUT2D eigenvalue weighted by atomic mass is 16.6. The van der Waals surface area contributed by atoms with Crippen molar-refractivity contribution >= 4 is 28.6 Å². The lowest BCUT2D eigenvalue weighted by Crippen LogP contribution is -1.97. The predicted molar refractivity (Wildman–Crippen MR) is 81.1 cm³/mol. The maximum Gasteiger partial charge on any atom is 0.324 e. The zero-order valence-corrected chi connectivity index (χ0v) is 11.7. The Hall–Kier alpha value is -4.03. The van der Waals surface area contributed by atoms with Gasteiger partial charge in [-0.3, -0.25) is 30.3 Å². The van der Waals surface area contributed by atoms with E-state index in [0.717, 1.165) is 0 Å². The van der Waals surface area contributed by atoms with Crippen LogP contribution in [0.4, 0.5) is 28.6 Å². The van der Waals surface area contributed by atoms with Crippen LogP contribution in [0.15, 0.2) is 30.5 Å². The summed E-state index contributed by atoms with van der Waals surface area (Å²) in [4.78, 5) is 31.5. The molecule has 2 rings (SSSR count). The van der Waals surface area contributed by atoms with Crippen molar-refractivity contribution in [3.05, 3.63) is 60.8 Å². The van der Waals surface area contributed by atoms with Gasteiger partial charge in [0.1, 0.15) is 5.82 Å². The van der Waals surface area contributed by atoms with E-state index in [2.05, 4.69) is 4.98 Å². The van der Waals surface area contributed by atoms with Gasteiger partial charge in [0.2, 0.25) is 0 Å². The number of nitro benzene ring substituents is 3. The fraction of sp³-hybridized carbons (Fsp3) is 0. The number of aromatic hydroxyl groups is 1. The lowest BCUT2D eigenvalue weighted by Gasteiger charge is -1.97. The van der Waals surface area contributed by atoms with Crippen molar-refractivity contribution in [1.29, 1.82) is 0 Å². The Bertz CT molecular complexity index is 757. The molecule has 13 heteroatoms. The van der Waals surface area contributed by atoms with Gasteiger partial charge in [-0.1, -0.05) is 0 Å². The number of anilines is 2. The number of rotatable bonds is 3. The molecule has 5 N–H and O–H groups in total. The molecule has 13 nitrogen and oxygen atoms in total. The van der Waals surface area contributed by atoms with Crippen LogP contribution in [0, 0.1) is 30.3 Å². The van der Waals surface area contributed by atoms with Crippen molar-refractivity contribution in [3.8, 4) is 5.75 Å². The zero-order chi connectivity index (χ0) is 18.4. The normalized spacial score (nSPS) is 9.50. The fourth-order valence-electron chi connectivity index (χ4n) is 1.44. The Morgan fingerprint density at radius 1 is 0.917 bits per heavy atom. The second kappa shape index (κ2) is 7.30. The van der Waals surface area contributed by atoms with E-state index in [4.69, 9.17) is 16.6 Å². The number of hydrogen-bond donors (Lipinski definition) is 3. The van der Waals surface area contributed by atoms with Crippen LogP contribution in [0.1, 0.15) is 0 Å². The Labute approximate surface area is 132 Å². The van der Waals surface area contributed by atoms with Gasteiger partial charge in [-0.25, -0.2) is 4.98 Å². The van der Waals surface area contributed by atoms with E-state index in [9.17, 15) is 30.3 Å². The highest BCUT2D eigenvalue weighted by Gasteiger charge is 2.30. The highest BCUT2D eigenvalue weighted by Crippen LogP contribution is 2.38. The smallest absolute Gasteiger partial charge is 0.324 e. The van der Waals surface area contributed by atoms with Gasteiger partial charge in [-0.2, -0.15) is 0 Å². The molecular formula is C11H10N6O7. The van der Waals surface area contributed by atoms with Gasteiger partial charge in [-0.15, -0.1) is 0 Å². The van der Waals surface area contributed by atoms with Crippen LogP contribution in [-0.2, 0) is 0 Å². The summed E-state index contributed by atoms with van der Waals surface area (Å²) in [5.74, 6) is -0.745. The average Bonchev–Trinajstić information content (AvgIpc) is 2.46. The molecule has 0 atom stereocenters. The zero-order valence-electron chi connectivity index (χ0n) is 11.7. The summed E-state index contributed by atoms with van der Waals surface area (Å²) in [6, 6.07) is 4.20. The van der Waals surface area contributed by atoms with Gasteiger partial charge in [-0.05, 0) is 6.07 Å². The number of pyridine rings is 1. The molecule has 1 aromatic heterocycles. The Morgan fingerprint density at radius 2 is 1.42 bits per heavy atom. The van der Waals surface area contributed by atoms with Crippen LogP contribution in [0.3, 0.4) is 0 Å². The first-order valence-corrected chi connectivity index (χ1v) is 5.90. The number of hydrogen-bond acceptors (Lipinski definition) is 10. The van der Waals surface area contributed by atoms with Crippen molar-refractivity contribution in [1.82, 2.24) is 4.98 Å². The number of non-ortho nitro benzene ring substituents is 1. The Balaban J connectivity index is 0.000000300. The molecule has 0 bridgehead atoms. The number of nitrogens with zero attached hydrogens (tertiary/aromatic N) is 4. The quantitative estimate of drug-likeness (QED) is 0.539. The minimum absolute atomic E-state index is 0.447. The molecule has 0 fully saturated rings. The third kappa shape index (κ3) is 4.48.